The number of carboxylic acids is 1. The number of nitro groups is 1. The van der Waals surface area contributed by atoms with Gasteiger partial charge in [0.1, 0.15) is 0 Å². The Bertz CT molecular complexity index is 511. The maximum absolute atomic E-state index is 11.0. The first kappa shape index (κ1) is 11.0. The first-order valence-electron chi connectivity index (χ1n) is 4.44. The van der Waals surface area contributed by atoms with Crippen molar-refractivity contribution in [3.63, 3.8) is 0 Å². The highest BCUT2D eigenvalue weighted by atomic mass is 16.7. The van der Waals surface area contributed by atoms with E-state index in [0.29, 0.717) is 0 Å². The molecule has 0 aliphatic carbocycles. The molecule has 1 aromatic carbocycles. The SMILES string of the molecule is COc1cc([N+](=O)[O-])c(C(=O)O)c2c1OCO2. The molecule has 0 spiro atoms. The van der Waals surface area contributed by atoms with Crippen LogP contribution in [-0.4, -0.2) is 29.9 Å². The van der Waals surface area contributed by atoms with E-state index >= 15 is 0 Å². The summed E-state index contributed by atoms with van der Waals surface area (Å²) in [6.07, 6.45) is 0. The van der Waals surface area contributed by atoms with Crippen LogP contribution in [0.25, 0.3) is 0 Å². The molecule has 0 radical (unpaired) electrons. The quantitative estimate of drug-likeness (QED) is 0.621. The summed E-state index contributed by atoms with van der Waals surface area (Å²) in [5, 5.41) is 19.7. The molecule has 0 saturated carbocycles. The van der Waals surface area contributed by atoms with Crippen molar-refractivity contribution in [2.75, 3.05) is 13.9 Å². The summed E-state index contributed by atoms with van der Waals surface area (Å²) in [6.45, 7) is -0.201. The van der Waals surface area contributed by atoms with Gasteiger partial charge in [-0.1, -0.05) is 0 Å². The second kappa shape index (κ2) is 3.81. The van der Waals surface area contributed by atoms with Crippen molar-refractivity contribution in [1.29, 1.82) is 0 Å². The van der Waals surface area contributed by atoms with Gasteiger partial charge in [0.25, 0.3) is 5.69 Å². The Morgan fingerprint density at radius 2 is 2.18 bits per heavy atom. The van der Waals surface area contributed by atoms with Gasteiger partial charge in [0.05, 0.1) is 18.1 Å². The minimum absolute atomic E-state index is 0.0641. The van der Waals surface area contributed by atoms with Crippen molar-refractivity contribution in [3.8, 4) is 17.2 Å². The van der Waals surface area contributed by atoms with Crippen LogP contribution in [0.1, 0.15) is 10.4 Å². The molecule has 0 saturated heterocycles. The van der Waals surface area contributed by atoms with E-state index in [1.807, 2.05) is 0 Å². The zero-order valence-corrected chi connectivity index (χ0v) is 8.63. The monoisotopic (exact) mass is 241 g/mol. The number of fused-ring (bicyclic) bond motifs is 1. The molecule has 17 heavy (non-hydrogen) atoms. The number of aromatic carboxylic acids is 1. The third-order valence-electron chi connectivity index (χ3n) is 2.22. The standard InChI is InChI=1S/C9H7NO7/c1-15-5-2-4(10(13)14)6(9(11)12)8-7(5)16-3-17-8/h2H,3H2,1H3,(H,11,12). The molecular formula is C9H7NO7. The number of hydrogen-bond donors (Lipinski definition) is 1. The van der Waals surface area contributed by atoms with Crippen LogP contribution >= 0.6 is 0 Å². The molecular weight excluding hydrogens is 234 g/mol. The van der Waals surface area contributed by atoms with Crippen molar-refractivity contribution in [1.82, 2.24) is 0 Å². The Balaban J connectivity index is 2.76. The van der Waals surface area contributed by atoms with Gasteiger partial charge in [-0.05, 0) is 0 Å². The van der Waals surface area contributed by atoms with Crippen molar-refractivity contribution in [2.45, 2.75) is 0 Å². The summed E-state index contributed by atoms with van der Waals surface area (Å²) < 4.78 is 14.8. The van der Waals surface area contributed by atoms with Crippen LogP contribution in [-0.2, 0) is 0 Å². The van der Waals surface area contributed by atoms with Gasteiger partial charge in [-0.25, -0.2) is 4.79 Å². The lowest BCUT2D eigenvalue weighted by Gasteiger charge is -2.07. The minimum atomic E-state index is -1.46. The molecule has 1 aliphatic rings. The van der Waals surface area contributed by atoms with Gasteiger partial charge in [-0.3, -0.25) is 10.1 Å². The molecule has 90 valence electrons. The highest BCUT2D eigenvalue weighted by Crippen LogP contribution is 2.47. The molecule has 1 N–H and O–H groups in total. The average Bonchev–Trinajstić information content (AvgIpc) is 2.74. The molecule has 1 heterocycles. The summed E-state index contributed by atoms with van der Waals surface area (Å²) in [4.78, 5) is 21.0. The molecule has 0 unspecified atom stereocenters. The fourth-order valence-corrected chi connectivity index (χ4v) is 1.53. The molecule has 0 aromatic heterocycles. The second-order valence-corrected chi connectivity index (χ2v) is 3.10. The number of hydrogen-bond acceptors (Lipinski definition) is 6. The van der Waals surface area contributed by atoms with Gasteiger partial charge >= 0.3 is 5.97 Å². The maximum atomic E-state index is 11.0. The zero-order chi connectivity index (χ0) is 12.6. The Morgan fingerprint density at radius 1 is 1.53 bits per heavy atom. The van der Waals surface area contributed by atoms with E-state index in [-0.39, 0.29) is 24.0 Å². The molecule has 0 atom stereocenters. The van der Waals surface area contributed by atoms with Crippen LogP contribution in [0, 0.1) is 10.1 Å². The molecule has 0 fully saturated rings. The van der Waals surface area contributed by atoms with Crippen molar-refractivity contribution in [3.05, 3.63) is 21.7 Å². The van der Waals surface area contributed by atoms with Crippen LogP contribution < -0.4 is 14.2 Å². The number of rotatable bonds is 3. The summed E-state index contributed by atoms with van der Waals surface area (Å²) in [7, 11) is 1.29. The van der Waals surface area contributed by atoms with E-state index in [0.717, 1.165) is 6.07 Å². The summed E-state index contributed by atoms with van der Waals surface area (Å²) in [5.41, 5.74) is -1.14. The third kappa shape index (κ3) is 1.59. The van der Waals surface area contributed by atoms with Gasteiger partial charge < -0.3 is 19.3 Å². The van der Waals surface area contributed by atoms with Crippen LogP contribution in [0.15, 0.2) is 6.07 Å². The van der Waals surface area contributed by atoms with Gasteiger partial charge in [-0.15, -0.1) is 0 Å². The van der Waals surface area contributed by atoms with Crippen LogP contribution in [0.3, 0.4) is 0 Å². The minimum Gasteiger partial charge on any atom is -0.492 e. The van der Waals surface area contributed by atoms with Crippen LogP contribution in [0.5, 0.6) is 17.2 Å². The summed E-state index contributed by atoms with van der Waals surface area (Å²) in [6, 6.07) is 0.997. The Kier molecular flexibility index (Phi) is 2.47. The number of nitrogens with zero attached hydrogens (tertiary/aromatic N) is 1. The topological polar surface area (TPSA) is 108 Å². The van der Waals surface area contributed by atoms with E-state index in [2.05, 4.69) is 0 Å². The van der Waals surface area contributed by atoms with Crippen molar-refractivity contribution < 1.29 is 29.0 Å². The van der Waals surface area contributed by atoms with Crippen molar-refractivity contribution in [2.24, 2.45) is 0 Å². The van der Waals surface area contributed by atoms with E-state index < -0.39 is 22.1 Å². The van der Waals surface area contributed by atoms with E-state index in [1.54, 1.807) is 0 Å². The Labute approximate surface area is 94.5 Å². The van der Waals surface area contributed by atoms with Crippen LogP contribution in [0.4, 0.5) is 5.69 Å². The average molecular weight is 241 g/mol. The number of carboxylic acid groups (broad SMARTS) is 1. The number of benzene rings is 1. The smallest absolute Gasteiger partial charge is 0.346 e. The highest BCUT2D eigenvalue weighted by Gasteiger charge is 2.34. The van der Waals surface area contributed by atoms with Crippen LogP contribution in [0.2, 0.25) is 0 Å². The molecule has 0 amide bonds. The van der Waals surface area contributed by atoms with Gasteiger partial charge in [0, 0.05) is 0 Å². The predicted molar refractivity (Wildman–Crippen MR) is 52.7 cm³/mol. The third-order valence-corrected chi connectivity index (χ3v) is 2.22. The molecule has 1 aliphatic heterocycles. The largest absolute Gasteiger partial charge is 0.492 e. The van der Waals surface area contributed by atoms with E-state index in [1.165, 1.54) is 7.11 Å². The number of ether oxygens (including phenoxy) is 3. The molecule has 2 rings (SSSR count). The van der Waals surface area contributed by atoms with E-state index in [4.69, 9.17) is 19.3 Å². The molecule has 0 bridgehead atoms. The first-order chi connectivity index (χ1) is 8.06. The number of methoxy groups -OCH3 is 1. The lowest BCUT2D eigenvalue weighted by Crippen LogP contribution is -2.05. The van der Waals surface area contributed by atoms with Gasteiger partial charge in [0.15, 0.2) is 17.1 Å². The lowest BCUT2D eigenvalue weighted by molar-refractivity contribution is -0.385. The molecule has 1 aromatic rings. The zero-order valence-electron chi connectivity index (χ0n) is 8.63. The van der Waals surface area contributed by atoms with Gasteiger partial charge in [0.2, 0.25) is 12.5 Å². The van der Waals surface area contributed by atoms with Crippen molar-refractivity contribution >= 4 is 11.7 Å². The normalized spacial score (nSPS) is 12.3. The summed E-state index contributed by atoms with van der Waals surface area (Å²) >= 11 is 0. The lowest BCUT2D eigenvalue weighted by atomic mass is 10.1. The number of carbonyl (C=O) groups is 1. The highest BCUT2D eigenvalue weighted by molar-refractivity contribution is 5.97. The van der Waals surface area contributed by atoms with E-state index in [9.17, 15) is 14.9 Å². The fourth-order valence-electron chi connectivity index (χ4n) is 1.53. The first-order valence-corrected chi connectivity index (χ1v) is 4.44. The summed E-state index contributed by atoms with van der Waals surface area (Å²) in [5.74, 6) is -1.51. The molecule has 8 nitrogen and oxygen atoms in total. The predicted octanol–water partition coefficient (Wildman–Crippen LogP) is 1.03. The second-order valence-electron chi connectivity index (χ2n) is 3.10. The Hall–Kier alpha value is -2.51. The number of nitro benzene ring substituents is 1. The maximum Gasteiger partial charge on any atom is 0.346 e. The Morgan fingerprint density at radius 3 is 2.71 bits per heavy atom. The van der Waals surface area contributed by atoms with Gasteiger partial charge in [-0.2, -0.15) is 0 Å². The molecule has 8 heteroatoms. The fraction of sp³-hybridized carbons (Fsp3) is 0.222.